The van der Waals surface area contributed by atoms with Crippen LogP contribution in [0.4, 0.5) is 4.79 Å². The Bertz CT molecular complexity index is 2040. The van der Waals surface area contributed by atoms with Crippen LogP contribution in [0.1, 0.15) is 71.8 Å². The van der Waals surface area contributed by atoms with Gasteiger partial charge in [-0.25, -0.2) is 4.79 Å². The topological polar surface area (TPSA) is 178 Å². The van der Waals surface area contributed by atoms with Crippen molar-refractivity contribution in [2.75, 3.05) is 34.0 Å². The van der Waals surface area contributed by atoms with Gasteiger partial charge in [-0.3, -0.25) is 14.6 Å². The summed E-state index contributed by atoms with van der Waals surface area (Å²) in [5, 5.41) is 43.7. The maximum Gasteiger partial charge on any atom is 0.407 e. The molecule has 7 atom stereocenters. The number of phenols is 2. The fraction of sp³-hybridized carbons (Fsp3) is 0.500. The Kier molecular flexibility index (Phi) is 13.2. The van der Waals surface area contributed by atoms with Crippen LogP contribution in [0.15, 0.2) is 36.4 Å². The summed E-state index contributed by atoms with van der Waals surface area (Å²) in [4.78, 5) is 30.9. The fourth-order valence-electron chi connectivity index (χ4n) is 9.16. The number of hydrogen-bond acceptors (Lipinski definition) is 12. The van der Waals surface area contributed by atoms with Gasteiger partial charge in [-0.2, -0.15) is 5.26 Å². The van der Waals surface area contributed by atoms with Crippen LogP contribution in [0, 0.1) is 75.2 Å². The summed E-state index contributed by atoms with van der Waals surface area (Å²) in [5.74, 6) is 1.30. The molecule has 57 heavy (non-hydrogen) atoms. The van der Waals surface area contributed by atoms with Gasteiger partial charge >= 0.3 is 6.09 Å². The van der Waals surface area contributed by atoms with Crippen molar-refractivity contribution in [1.82, 2.24) is 25.8 Å². The summed E-state index contributed by atoms with van der Waals surface area (Å²) < 4.78 is 23.0. The van der Waals surface area contributed by atoms with E-state index in [0.717, 1.165) is 22.3 Å². The maximum absolute atomic E-state index is 13.9. The molecule has 0 aromatic heterocycles. The van der Waals surface area contributed by atoms with Crippen molar-refractivity contribution in [3.8, 4) is 34.8 Å². The molecule has 2 bridgehead atoms. The quantitative estimate of drug-likeness (QED) is 0.185. The molecular weight excluding hydrogens is 943 g/mol. The molecule has 15 heteroatoms. The van der Waals surface area contributed by atoms with E-state index in [2.05, 4.69) is 31.8 Å². The number of benzene rings is 3. The van der Waals surface area contributed by atoms with Gasteiger partial charge in [0.15, 0.2) is 23.0 Å². The fourth-order valence-corrected chi connectivity index (χ4v) is 9.16. The van der Waals surface area contributed by atoms with Crippen molar-refractivity contribution in [1.29, 1.82) is 5.26 Å². The third-order valence-electron chi connectivity index (χ3n) is 12.1. The van der Waals surface area contributed by atoms with Gasteiger partial charge in [0.25, 0.3) is 0 Å². The molecule has 4 aliphatic heterocycles. The van der Waals surface area contributed by atoms with Gasteiger partial charge in [0, 0.05) is 97.5 Å². The molecule has 7 rings (SSSR count). The van der Waals surface area contributed by atoms with Crippen LogP contribution < -0.4 is 30.2 Å². The van der Waals surface area contributed by atoms with E-state index in [-0.39, 0.29) is 111 Å². The van der Waals surface area contributed by atoms with Gasteiger partial charge in [0.1, 0.15) is 18.4 Å². The standard InChI is InChI=1S/C42H52N6O8.Ac/c1-21(2)28(46-42(52)54-19-25-11-9-8-10-12-25)17-44-24(5)41(51)45-18-32-34-27(36(49)23(4)39-40(34)56-20-55-39)15-30-35-33-26(13-22(3)38(53-7)37(33)50)14-29(47(35)6)31(16-43)48(30)32;/h8-13,21,24,28-32,35,44,49-50H,14-15,17-20H2,1-7H3,(H,45,51)(H,46,52);/t24-,28+,29-,30?,31-,32-,35-;/m0./s1. The average molecular weight is 996 g/mol. The summed E-state index contributed by atoms with van der Waals surface area (Å²) in [7, 11) is 3.52. The molecule has 1 radical (unpaired) electrons. The van der Waals surface area contributed by atoms with Crippen LogP contribution >= 0.6 is 0 Å². The van der Waals surface area contributed by atoms with Crippen LogP contribution in [-0.4, -0.2) is 96.3 Å². The second-order valence-electron chi connectivity index (χ2n) is 15.7. The van der Waals surface area contributed by atoms with Gasteiger partial charge < -0.3 is 45.1 Å². The molecule has 0 aliphatic carbocycles. The molecule has 3 aromatic carbocycles. The number of carbonyl (C=O) groups excluding carboxylic acids is 2. The predicted octanol–water partition coefficient (Wildman–Crippen LogP) is 4.27. The number of rotatable bonds is 11. The molecule has 2 amide bonds. The predicted molar refractivity (Wildman–Crippen MR) is 207 cm³/mol. The number of piperazine rings is 1. The van der Waals surface area contributed by atoms with E-state index in [9.17, 15) is 25.1 Å². The number of aryl methyl sites for hydroxylation is 1. The molecular formula is C42H52AcN6O8. The number of methoxy groups -OCH3 is 1. The van der Waals surface area contributed by atoms with Crippen molar-refractivity contribution in [2.24, 2.45) is 5.92 Å². The number of carbonyl (C=O) groups is 2. The zero-order valence-electron chi connectivity index (χ0n) is 33.6. The Labute approximate surface area is 369 Å². The number of nitriles is 1. The van der Waals surface area contributed by atoms with E-state index in [1.165, 1.54) is 7.11 Å². The second-order valence-corrected chi connectivity index (χ2v) is 15.7. The largest absolute Gasteiger partial charge is 0.507 e. The number of fused-ring (bicyclic) bond motifs is 9. The minimum Gasteiger partial charge on any atom is -0.507 e. The Morgan fingerprint density at radius 3 is 2.44 bits per heavy atom. The van der Waals surface area contributed by atoms with Gasteiger partial charge in [-0.15, -0.1) is 0 Å². The molecule has 1 fully saturated rings. The Balaban J connectivity index is 0.00000549. The van der Waals surface area contributed by atoms with Crippen molar-refractivity contribution in [3.63, 3.8) is 0 Å². The number of nitrogens with zero attached hydrogens (tertiary/aromatic N) is 3. The minimum absolute atomic E-state index is 0. The first-order valence-electron chi connectivity index (χ1n) is 19.3. The third kappa shape index (κ3) is 7.88. The molecule has 14 nitrogen and oxygen atoms in total. The van der Waals surface area contributed by atoms with Gasteiger partial charge in [0.05, 0.1) is 31.3 Å². The molecule has 0 spiro atoms. The summed E-state index contributed by atoms with van der Waals surface area (Å²) >= 11 is 0. The molecule has 4 aliphatic rings. The Morgan fingerprint density at radius 2 is 1.75 bits per heavy atom. The molecule has 301 valence electrons. The smallest absolute Gasteiger partial charge is 0.407 e. The van der Waals surface area contributed by atoms with Gasteiger partial charge in [0.2, 0.25) is 12.7 Å². The maximum atomic E-state index is 13.9. The van der Waals surface area contributed by atoms with Crippen molar-refractivity contribution >= 4 is 12.0 Å². The van der Waals surface area contributed by atoms with Crippen molar-refractivity contribution < 1.29 is 82.8 Å². The number of hydrogen-bond donors (Lipinski definition) is 5. The second kappa shape index (κ2) is 17.6. The first-order valence-corrected chi connectivity index (χ1v) is 19.3. The van der Waals surface area contributed by atoms with Crippen LogP contribution in [-0.2, 0) is 29.0 Å². The van der Waals surface area contributed by atoms with E-state index in [1.54, 1.807) is 13.8 Å². The number of alkyl carbamates (subject to hydrolysis) is 1. The summed E-state index contributed by atoms with van der Waals surface area (Å²) in [5.41, 5.74) is 5.32. The number of ether oxygens (including phenoxy) is 4. The molecule has 0 saturated carbocycles. The average Bonchev–Trinajstić information content (AvgIpc) is 3.67. The summed E-state index contributed by atoms with van der Waals surface area (Å²) in [6, 6.07) is 11.0. The first kappa shape index (κ1) is 42.8. The van der Waals surface area contributed by atoms with E-state index >= 15 is 0 Å². The molecule has 1 unspecified atom stereocenters. The monoisotopic (exact) mass is 995 g/mol. The normalized spacial score (nSPS) is 22.8. The number of phenolic OH excluding ortho intramolecular Hbond substituents is 2. The number of aromatic hydroxyl groups is 2. The van der Waals surface area contributed by atoms with Gasteiger partial charge in [-0.05, 0) is 63.3 Å². The number of likely N-dealkylation sites (N-methyl/N-ethyl adjacent to an activating group) is 1. The zero-order valence-corrected chi connectivity index (χ0v) is 38.3. The molecule has 5 N–H and O–H groups in total. The van der Waals surface area contributed by atoms with E-state index in [4.69, 9.17) is 18.9 Å². The Hall–Kier alpha value is -3.79. The van der Waals surface area contributed by atoms with Crippen LogP contribution in [0.2, 0.25) is 0 Å². The first-order chi connectivity index (χ1) is 26.9. The van der Waals surface area contributed by atoms with Crippen LogP contribution in [0.5, 0.6) is 28.7 Å². The van der Waals surface area contributed by atoms with E-state index in [1.807, 2.05) is 64.2 Å². The summed E-state index contributed by atoms with van der Waals surface area (Å²) in [6.07, 6.45) is 0.340. The minimum atomic E-state index is -0.646. The number of nitrogens with one attached hydrogen (secondary N) is 3. The molecule has 3 aromatic rings. The van der Waals surface area contributed by atoms with Crippen LogP contribution in [0.25, 0.3) is 0 Å². The SMILES string of the molecule is COc1c(C)cc2c(c1O)[C@@H]1C3Cc4c(O)c(C)c5c(c4[C@H](CNC(=O)[C@H](C)NC[C@@H](NC(=O)OCc4ccccc4)C(C)C)N3[C@@H](C#N)[C@H](C2)N1C)OCO5.[Ac]. The van der Waals surface area contributed by atoms with E-state index in [0.29, 0.717) is 53.3 Å². The van der Waals surface area contributed by atoms with Crippen LogP contribution in [0.3, 0.4) is 0 Å². The Morgan fingerprint density at radius 1 is 1.04 bits per heavy atom. The molecule has 4 heterocycles. The van der Waals surface area contributed by atoms with Gasteiger partial charge in [-0.1, -0.05) is 50.2 Å². The number of amides is 2. The zero-order chi connectivity index (χ0) is 40.0. The molecule has 1 saturated heterocycles. The van der Waals surface area contributed by atoms with Crippen molar-refractivity contribution in [2.45, 2.75) is 96.4 Å². The third-order valence-corrected chi connectivity index (χ3v) is 12.1. The van der Waals surface area contributed by atoms with E-state index < -0.39 is 24.2 Å². The summed E-state index contributed by atoms with van der Waals surface area (Å²) in [6.45, 7) is 9.97. The van der Waals surface area contributed by atoms with Crippen molar-refractivity contribution in [3.05, 3.63) is 75.3 Å².